The third-order valence-electron chi connectivity index (χ3n) is 3.56. The number of aromatic nitrogens is 1. The van der Waals surface area contributed by atoms with Crippen molar-refractivity contribution in [3.05, 3.63) is 82.6 Å². The predicted molar refractivity (Wildman–Crippen MR) is 103 cm³/mol. The molecule has 0 radical (unpaired) electrons. The van der Waals surface area contributed by atoms with Crippen molar-refractivity contribution in [1.29, 1.82) is 0 Å². The largest absolute Gasteiger partial charge is 0.319 e. The zero-order valence-electron chi connectivity index (χ0n) is 14.0. The highest BCUT2D eigenvalue weighted by Gasteiger charge is 2.16. The second-order valence-corrected chi connectivity index (χ2v) is 8.20. The number of anilines is 2. The molecule has 0 aliphatic heterocycles. The molecule has 0 bridgehead atoms. The van der Waals surface area contributed by atoms with Gasteiger partial charge in [-0.3, -0.25) is 14.5 Å². The fourth-order valence-corrected chi connectivity index (χ4v) is 3.53. The van der Waals surface area contributed by atoms with Crippen molar-refractivity contribution in [3.8, 4) is 0 Å². The van der Waals surface area contributed by atoms with Crippen LogP contribution in [0.15, 0.2) is 70.3 Å². The van der Waals surface area contributed by atoms with Crippen molar-refractivity contribution in [3.63, 3.8) is 0 Å². The van der Waals surface area contributed by atoms with Gasteiger partial charge >= 0.3 is 0 Å². The summed E-state index contributed by atoms with van der Waals surface area (Å²) in [6.07, 6.45) is 2.42. The minimum atomic E-state index is -3.89. The van der Waals surface area contributed by atoms with Crippen LogP contribution in [0.1, 0.15) is 10.4 Å². The first-order valence-electron chi connectivity index (χ1n) is 7.74. The standard InChI is InChI=1S/C18H12BrF2N3O3S/c19-12-1-4-15(5-2-12)28(26,27)24-14-7-11(9-22-10-14)18(25)23-17-6-3-13(20)8-16(17)21/h1-10,24H,(H,23,25). The van der Waals surface area contributed by atoms with Crippen LogP contribution in [-0.4, -0.2) is 19.3 Å². The summed E-state index contributed by atoms with van der Waals surface area (Å²) in [5, 5.41) is 2.28. The van der Waals surface area contributed by atoms with Gasteiger partial charge in [0, 0.05) is 16.7 Å². The molecule has 0 saturated heterocycles. The number of hydrogen-bond donors (Lipinski definition) is 2. The Labute approximate surface area is 167 Å². The summed E-state index contributed by atoms with van der Waals surface area (Å²) in [6.45, 7) is 0. The van der Waals surface area contributed by atoms with Gasteiger partial charge in [0.15, 0.2) is 0 Å². The van der Waals surface area contributed by atoms with Crippen LogP contribution in [0.5, 0.6) is 0 Å². The van der Waals surface area contributed by atoms with Crippen LogP contribution >= 0.6 is 15.9 Å². The van der Waals surface area contributed by atoms with Gasteiger partial charge in [-0.25, -0.2) is 17.2 Å². The van der Waals surface area contributed by atoms with Crippen LogP contribution in [-0.2, 0) is 10.0 Å². The lowest BCUT2D eigenvalue weighted by Gasteiger charge is -2.10. The molecule has 0 saturated carbocycles. The van der Waals surface area contributed by atoms with Crippen molar-refractivity contribution >= 4 is 43.2 Å². The maximum Gasteiger partial charge on any atom is 0.261 e. The van der Waals surface area contributed by atoms with Crippen LogP contribution in [0.4, 0.5) is 20.2 Å². The van der Waals surface area contributed by atoms with E-state index in [0.717, 1.165) is 16.6 Å². The lowest BCUT2D eigenvalue weighted by atomic mass is 10.2. The second-order valence-electron chi connectivity index (χ2n) is 5.60. The summed E-state index contributed by atoms with van der Waals surface area (Å²) in [6, 6.07) is 9.94. The zero-order chi connectivity index (χ0) is 20.3. The third kappa shape index (κ3) is 4.70. The molecule has 144 valence electrons. The average Bonchev–Trinajstić information content (AvgIpc) is 2.64. The first-order valence-corrected chi connectivity index (χ1v) is 10.0. The summed E-state index contributed by atoms with van der Waals surface area (Å²) in [5.74, 6) is -2.45. The molecule has 1 heterocycles. The lowest BCUT2D eigenvalue weighted by Crippen LogP contribution is -2.16. The highest BCUT2D eigenvalue weighted by atomic mass is 79.9. The van der Waals surface area contributed by atoms with E-state index in [2.05, 4.69) is 31.0 Å². The molecule has 0 aliphatic carbocycles. The van der Waals surface area contributed by atoms with Gasteiger partial charge in [0.1, 0.15) is 11.6 Å². The fourth-order valence-electron chi connectivity index (χ4n) is 2.23. The molecule has 1 aromatic heterocycles. The minimum Gasteiger partial charge on any atom is -0.319 e. The Balaban J connectivity index is 1.79. The maximum atomic E-state index is 13.7. The Kier molecular flexibility index (Phi) is 5.71. The molecule has 10 heteroatoms. The Morgan fingerprint density at radius 1 is 1.00 bits per heavy atom. The van der Waals surface area contributed by atoms with Gasteiger partial charge in [0.2, 0.25) is 0 Å². The van der Waals surface area contributed by atoms with Crippen molar-refractivity contribution < 1.29 is 22.0 Å². The molecule has 0 fully saturated rings. The van der Waals surface area contributed by atoms with Gasteiger partial charge in [-0.1, -0.05) is 15.9 Å². The summed E-state index contributed by atoms with van der Waals surface area (Å²) in [4.78, 5) is 16.1. The number of halogens is 3. The van der Waals surface area contributed by atoms with Crippen LogP contribution in [0.3, 0.4) is 0 Å². The molecule has 0 atom stereocenters. The summed E-state index contributed by atoms with van der Waals surface area (Å²) < 4.78 is 54.5. The van der Waals surface area contributed by atoms with Gasteiger partial charge in [-0.05, 0) is 42.5 Å². The molecule has 2 N–H and O–H groups in total. The number of carbonyl (C=O) groups is 1. The molecule has 0 unspecified atom stereocenters. The van der Waals surface area contributed by atoms with Gasteiger partial charge in [0.05, 0.1) is 28.0 Å². The van der Waals surface area contributed by atoms with E-state index in [0.29, 0.717) is 6.07 Å². The number of sulfonamides is 1. The number of benzene rings is 2. The second kappa shape index (κ2) is 8.03. The molecular weight excluding hydrogens is 456 g/mol. The Hall–Kier alpha value is -2.85. The van der Waals surface area contributed by atoms with E-state index in [-0.39, 0.29) is 21.8 Å². The fraction of sp³-hybridized carbons (Fsp3) is 0. The Bertz CT molecular complexity index is 1140. The highest BCUT2D eigenvalue weighted by Crippen LogP contribution is 2.20. The van der Waals surface area contributed by atoms with Crippen molar-refractivity contribution in [2.75, 3.05) is 10.0 Å². The lowest BCUT2D eigenvalue weighted by molar-refractivity contribution is 0.102. The Morgan fingerprint density at radius 2 is 1.71 bits per heavy atom. The van der Waals surface area contributed by atoms with Crippen molar-refractivity contribution in [2.45, 2.75) is 4.90 Å². The number of rotatable bonds is 5. The van der Waals surface area contributed by atoms with Gasteiger partial charge in [0.25, 0.3) is 15.9 Å². The van der Waals surface area contributed by atoms with E-state index >= 15 is 0 Å². The van der Waals surface area contributed by atoms with Crippen molar-refractivity contribution in [1.82, 2.24) is 4.98 Å². The number of hydrogen-bond acceptors (Lipinski definition) is 4. The molecule has 3 rings (SSSR count). The number of pyridine rings is 1. The maximum absolute atomic E-state index is 13.7. The molecule has 3 aromatic rings. The number of nitrogens with one attached hydrogen (secondary N) is 2. The predicted octanol–water partition coefficient (Wildman–Crippen LogP) is 4.18. The molecule has 0 spiro atoms. The summed E-state index contributed by atoms with van der Waals surface area (Å²) in [5.41, 5.74) is -0.179. The molecular formula is C18H12BrF2N3O3S. The summed E-state index contributed by atoms with van der Waals surface area (Å²) >= 11 is 3.22. The quantitative estimate of drug-likeness (QED) is 0.589. The first-order chi connectivity index (χ1) is 13.2. The number of nitrogens with zero attached hydrogens (tertiary/aromatic N) is 1. The summed E-state index contributed by atoms with van der Waals surface area (Å²) in [7, 11) is -3.89. The monoisotopic (exact) mass is 467 g/mol. The molecule has 28 heavy (non-hydrogen) atoms. The average molecular weight is 468 g/mol. The Morgan fingerprint density at radius 3 is 2.39 bits per heavy atom. The van der Waals surface area contributed by atoms with Crippen LogP contribution in [0.2, 0.25) is 0 Å². The van der Waals surface area contributed by atoms with Gasteiger partial charge < -0.3 is 5.32 Å². The molecule has 6 nitrogen and oxygen atoms in total. The van der Waals surface area contributed by atoms with E-state index in [1.165, 1.54) is 30.6 Å². The third-order valence-corrected chi connectivity index (χ3v) is 5.48. The van der Waals surface area contributed by atoms with Crippen LogP contribution in [0, 0.1) is 11.6 Å². The van der Waals surface area contributed by atoms with E-state index in [1.54, 1.807) is 12.1 Å². The van der Waals surface area contributed by atoms with Crippen LogP contribution < -0.4 is 10.0 Å². The SMILES string of the molecule is O=C(Nc1ccc(F)cc1F)c1cncc(NS(=O)(=O)c2ccc(Br)cc2)c1. The van der Waals surface area contributed by atoms with Crippen molar-refractivity contribution in [2.24, 2.45) is 0 Å². The van der Waals surface area contributed by atoms with Crippen LogP contribution in [0.25, 0.3) is 0 Å². The van der Waals surface area contributed by atoms with E-state index in [4.69, 9.17) is 0 Å². The van der Waals surface area contributed by atoms with Gasteiger partial charge in [-0.2, -0.15) is 0 Å². The number of amides is 1. The molecule has 1 amide bonds. The molecule has 0 aliphatic rings. The van der Waals surface area contributed by atoms with E-state index in [9.17, 15) is 22.0 Å². The highest BCUT2D eigenvalue weighted by molar-refractivity contribution is 9.10. The van der Waals surface area contributed by atoms with E-state index < -0.39 is 27.6 Å². The smallest absolute Gasteiger partial charge is 0.261 e. The topological polar surface area (TPSA) is 88.2 Å². The zero-order valence-corrected chi connectivity index (χ0v) is 16.4. The normalized spacial score (nSPS) is 11.1. The molecule has 2 aromatic carbocycles. The minimum absolute atomic E-state index is 0.0141. The van der Waals surface area contributed by atoms with E-state index in [1.807, 2.05) is 0 Å². The number of carbonyl (C=O) groups excluding carboxylic acids is 1. The first kappa shape index (κ1) is 19.9. The van der Waals surface area contributed by atoms with Gasteiger partial charge in [-0.15, -0.1) is 0 Å².